The van der Waals surface area contributed by atoms with E-state index in [0.717, 1.165) is 28.1 Å². The van der Waals surface area contributed by atoms with Gasteiger partial charge in [0.05, 0.1) is 17.1 Å². The van der Waals surface area contributed by atoms with Gasteiger partial charge in [-0.05, 0) is 28.9 Å². The van der Waals surface area contributed by atoms with Crippen LogP contribution in [-0.4, -0.2) is 18.3 Å². The van der Waals surface area contributed by atoms with E-state index in [9.17, 15) is 4.79 Å². The molecule has 2 aromatic rings. The number of aromatic nitrogens is 1. The van der Waals surface area contributed by atoms with Crippen LogP contribution in [0.2, 0.25) is 0 Å². The minimum absolute atomic E-state index is 0.708. The lowest BCUT2D eigenvalue weighted by molar-refractivity contribution is 0.112. The van der Waals surface area contributed by atoms with E-state index < -0.39 is 0 Å². The van der Waals surface area contributed by atoms with Crippen molar-refractivity contribution in [2.75, 3.05) is 11.9 Å². The summed E-state index contributed by atoms with van der Waals surface area (Å²) in [5.41, 5.74) is 0.805. The molecule has 17 heavy (non-hydrogen) atoms. The molecule has 0 amide bonds. The first-order chi connectivity index (χ1) is 8.10. The zero-order valence-corrected chi connectivity index (χ0v) is 12.7. The van der Waals surface area contributed by atoms with E-state index in [1.165, 1.54) is 16.2 Å². The number of carbonyl (C=O) groups excluding carboxylic acids is 1. The van der Waals surface area contributed by atoms with E-state index in [2.05, 4.69) is 37.3 Å². The molecule has 3 nitrogen and oxygen atoms in total. The fourth-order valence-electron chi connectivity index (χ4n) is 1.40. The van der Waals surface area contributed by atoms with E-state index in [0.29, 0.717) is 4.88 Å². The number of hydrogen-bond donors (Lipinski definition) is 0. The molecule has 0 radical (unpaired) electrons. The van der Waals surface area contributed by atoms with Crippen molar-refractivity contribution in [2.45, 2.75) is 13.5 Å². The Hall–Kier alpha value is -0.720. The summed E-state index contributed by atoms with van der Waals surface area (Å²) in [4.78, 5) is 19.2. The van der Waals surface area contributed by atoms with Crippen molar-refractivity contribution in [2.24, 2.45) is 0 Å². The molecule has 2 heterocycles. The molecule has 2 rings (SSSR count). The largest absolute Gasteiger partial charge is 0.346 e. The average molecular weight is 331 g/mol. The van der Waals surface area contributed by atoms with Crippen LogP contribution in [-0.2, 0) is 6.54 Å². The van der Waals surface area contributed by atoms with Crippen molar-refractivity contribution < 1.29 is 4.79 Å². The Morgan fingerprint density at radius 2 is 2.35 bits per heavy atom. The van der Waals surface area contributed by atoms with Crippen LogP contribution in [0.15, 0.2) is 15.9 Å². The van der Waals surface area contributed by atoms with Gasteiger partial charge in [0.15, 0.2) is 11.4 Å². The standard InChI is InChI=1S/C11H11BrN2OS2/c1-7-10(5-15)17-11(13-7)14(2)4-9-3-8(12)6-16-9/h3,5-6H,4H2,1-2H3. The van der Waals surface area contributed by atoms with Crippen LogP contribution >= 0.6 is 38.6 Å². The van der Waals surface area contributed by atoms with Gasteiger partial charge in [0.2, 0.25) is 0 Å². The van der Waals surface area contributed by atoms with Gasteiger partial charge < -0.3 is 4.90 Å². The Kier molecular flexibility index (Phi) is 3.96. The summed E-state index contributed by atoms with van der Waals surface area (Å²) in [6.07, 6.45) is 0.867. The topological polar surface area (TPSA) is 33.2 Å². The molecule has 0 aliphatic carbocycles. The lowest BCUT2D eigenvalue weighted by Gasteiger charge is -2.13. The normalized spacial score (nSPS) is 10.5. The number of nitrogens with zero attached hydrogens (tertiary/aromatic N) is 2. The molecule has 0 fully saturated rings. The van der Waals surface area contributed by atoms with Crippen LogP contribution < -0.4 is 4.90 Å². The third kappa shape index (κ3) is 2.94. The number of thiophene rings is 1. The molecule has 0 bridgehead atoms. The van der Waals surface area contributed by atoms with Crippen molar-refractivity contribution in [3.63, 3.8) is 0 Å². The third-order valence-electron chi connectivity index (χ3n) is 2.27. The fraction of sp³-hybridized carbons (Fsp3) is 0.273. The molecule has 6 heteroatoms. The van der Waals surface area contributed by atoms with Crippen molar-refractivity contribution >= 4 is 50.0 Å². The summed E-state index contributed by atoms with van der Waals surface area (Å²) in [5.74, 6) is 0. The number of rotatable bonds is 4. The van der Waals surface area contributed by atoms with Gasteiger partial charge in [-0.1, -0.05) is 11.3 Å². The Labute approximate surface area is 116 Å². The molecule has 0 N–H and O–H groups in total. The molecular formula is C11H11BrN2OS2. The van der Waals surface area contributed by atoms with Gasteiger partial charge in [-0.3, -0.25) is 4.79 Å². The van der Waals surface area contributed by atoms with Crippen molar-refractivity contribution in [3.05, 3.63) is 31.4 Å². The predicted molar refractivity (Wildman–Crippen MR) is 76.4 cm³/mol. The highest BCUT2D eigenvalue weighted by Crippen LogP contribution is 2.27. The average Bonchev–Trinajstić information content (AvgIpc) is 2.85. The fourth-order valence-corrected chi connectivity index (χ4v) is 3.75. The van der Waals surface area contributed by atoms with Crippen LogP contribution in [0, 0.1) is 6.92 Å². The van der Waals surface area contributed by atoms with E-state index >= 15 is 0 Å². The maximum atomic E-state index is 10.8. The zero-order chi connectivity index (χ0) is 12.4. The number of thiazole rings is 1. The minimum atomic E-state index is 0.708. The summed E-state index contributed by atoms with van der Waals surface area (Å²) < 4.78 is 1.11. The second kappa shape index (κ2) is 5.29. The first-order valence-corrected chi connectivity index (χ1v) is 7.45. The van der Waals surface area contributed by atoms with Crippen LogP contribution in [0.5, 0.6) is 0 Å². The first-order valence-electron chi connectivity index (χ1n) is 4.97. The Morgan fingerprint density at radius 1 is 1.59 bits per heavy atom. The number of halogens is 1. The number of anilines is 1. The van der Waals surface area contributed by atoms with Gasteiger partial charge in [0, 0.05) is 21.8 Å². The molecule has 0 aromatic carbocycles. The first kappa shape index (κ1) is 12.7. The van der Waals surface area contributed by atoms with Crippen LogP contribution in [0.3, 0.4) is 0 Å². The molecule has 0 saturated carbocycles. The quantitative estimate of drug-likeness (QED) is 0.801. The van der Waals surface area contributed by atoms with Crippen molar-refractivity contribution in [1.82, 2.24) is 4.98 Å². The Bertz CT molecular complexity index is 535. The van der Waals surface area contributed by atoms with Crippen LogP contribution in [0.4, 0.5) is 5.13 Å². The molecule has 0 aliphatic heterocycles. The summed E-state index contributed by atoms with van der Waals surface area (Å²) in [5, 5.41) is 2.95. The molecule has 0 atom stereocenters. The summed E-state index contributed by atoms with van der Waals surface area (Å²) in [7, 11) is 1.99. The molecule has 90 valence electrons. The van der Waals surface area contributed by atoms with E-state index in [-0.39, 0.29) is 0 Å². The second-order valence-corrected chi connectivity index (χ2v) is 6.57. The maximum absolute atomic E-state index is 10.8. The molecule has 0 aliphatic rings. The van der Waals surface area contributed by atoms with Crippen LogP contribution in [0.1, 0.15) is 20.2 Å². The predicted octanol–water partition coefficient (Wildman–Crippen LogP) is 3.72. The van der Waals surface area contributed by atoms with E-state index in [1.54, 1.807) is 11.3 Å². The van der Waals surface area contributed by atoms with Crippen molar-refractivity contribution in [3.8, 4) is 0 Å². The molecule has 2 aromatic heterocycles. The summed E-state index contributed by atoms with van der Waals surface area (Å²) in [6.45, 7) is 2.67. The van der Waals surface area contributed by atoms with Gasteiger partial charge in [-0.15, -0.1) is 11.3 Å². The number of carbonyl (C=O) groups is 1. The monoisotopic (exact) mass is 330 g/mol. The van der Waals surface area contributed by atoms with Crippen LogP contribution in [0.25, 0.3) is 0 Å². The molecular weight excluding hydrogens is 320 g/mol. The van der Waals surface area contributed by atoms with Gasteiger partial charge >= 0.3 is 0 Å². The smallest absolute Gasteiger partial charge is 0.186 e. The highest BCUT2D eigenvalue weighted by molar-refractivity contribution is 9.10. The number of aldehydes is 1. The highest BCUT2D eigenvalue weighted by atomic mass is 79.9. The van der Waals surface area contributed by atoms with Gasteiger partial charge in [-0.25, -0.2) is 4.98 Å². The lowest BCUT2D eigenvalue weighted by Crippen LogP contribution is -2.15. The van der Waals surface area contributed by atoms with Crippen molar-refractivity contribution in [1.29, 1.82) is 0 Å². The van der Waals surface area contributed by atoms with Gasteiger partial charge in [0.25, 0.3) is 0 Å². The highest BCUT2D eigenvalue weighted by Gasteiger charge is 2.11. The Morgan fingerprint density at radius 3 is 2.88 bits per heavy atom. The minimum Gasteiger partial charge on any atom is -0.346 e. The lowest BCUT2D eigenvalue weighted by atomic mass is 10.4. The second-order valence-electron chi connectivity index (χ2n) is 3.65. The maximum Gasteiger partial charge on any atom is 0.186 e. The zero-order valence-electron chi connectivity index (χ0n) is 9.44. The van der Waals surface area contributed by atoms with E-state index in [1.807, 2.05) is 14.0 Å². The van der Waals surface area contributed by atoms with Gasteiger partial charge in [-0.2, -0.15) is 0 Å². The summed E-state index contributed by atoms with van der Waals surface area (Å²) >= 11 is 6.58. The Balaban J connectivity index is 2.13. The molecule has 0 saturated heterocycles. The van der Waals surface area contributed by atoms with E-state index in [4.69, 9.17) is 0 Å². The molecule has 0 unspecified atom stereocenters. The summed E-state index contributed by atoms with van der Waals surface area (Å²) in [6, 6.07) is 2.10. The van der Waals surface area contributed by atoms with Gasteiger partial charge in [0.1, 0.15) is 0 Å². The third-order valence-corrected chi connectivity index (χ3v) is 5.15. The number of hydrogen-bond acceptors (Lipinski definition) is 5. The number of aryl methyl sites for hydroxylation is 1. The molecule has 0 spiro atoms. The SMILES string of the molecule is Cc1nc(N(C)Cc2cc(Br)cs2)sc1C=O.